The van der Waals surface area contributed by atoms with E-state index in [-0.39, 0.29) is 12.3 Å². The van der Waals surface area contributed by atoms with Crippen LogP contribution < -0.4 is 10.3 Å². The van der Waals surface area contributed by atoms with E-state index in [9.17, 15) is 19.5 Å². The highest BCUT2D eigenvalue weighted by Crippen LogP contribution is 2.47. The number of amides is 1. The van der Waals surface area contributed by atoms with Crippen LogP contribution in [0.5, 0.6) is 0 Å². The Morgan fingerprint density at radius 2 is 1.60 bits per heavy atom. The van der Waals surface area contributed by atoms with E-state index in [1.165, 1.54) is 0 Å². The zero-order chi connectivity index (χ0) is 30.6. The molecule has 0 aliphatic carbocycles. The number of benzene rings is 3. The lowest BCUT2D eigenvalue weighted by Crippen LogP contribution is -2.54. The maximum absolute atomic E-state index is 13.6. The number of esters is 1. The minimum Gasteiger partial charge on any atom is -0.480 e. The maximum Gasteiger partial charge on any atom is 0.330 e. The second-order valence-corrected chi connectivity index (χ2v) is 11.4. The number of hydrazine groups is 2. The highest BCUT2D eigenvalue weighted by molar-refractivity contribution is 5.96. The first kappa shape index (κ1) is 30.7. The second-order valence-electron chi connectivity index (χ2n) is 11.4. The van der Waals surface area contributed by atoms with Gasteiger partial charge in [-0.15, -0.1) is 0 Å². The molecule has 9 heteroatoms. The highest BCUT2D eigenvalue weighted by Gasteiger charge is 2.58. The summed E-state index contributed by atoms with van der Waals surface area (Å²) in [6.07, 6.45) is 0.783. The van der Waals surface area contributed by atoms with Crippen molar-refractivity contribution in [3.8, 4) is 0 Å². The van der Waals surface area contributed by atoms with Gasteiger partial charge in [0.25, 0.3) is 0 Å². The van der Waals surface area contributed by atoms with E-state index in [0.29, 0.717) is 17.8 Å². The van der Waals surface area contributed by atoms with Crippen molar-refractivity contribution in [2.45, 2.75) is 71.2 Å². The molecule has 4 atom stereocenters. The summed E-state index contributed by atoms with van der Waals surface area (Å²) < 4.78 is 5.81. The van der Waals surface area contributed by atoms with Crippen molar-refractivity contribution in [3.63, 3.8) is 0 Å². The Hall–Kier alpha value is -4.21. The molecule has 1 saturated heterocycles. The zero-order valence-corrected chi connectivity index (χ0v) is 25.1. The lowest BCUT2D eigenvalue weighted by Gasteiger charge is -2.41. The summed E-state index contributed by atoms with van der Waals surface area (Å²) >= 11 is 0. The van der Waals surface area contributed by atoms with Gasteiger partial charge in [-0.05, 0) is 56.9 Å². The third-order valence-electron chi connectivity index (χ3n) is 7.12. The van der Waals surface area contributed by atoms with Gasteiger partial charge < -0.3 is 15.2 Å². The van der Waals surface area contributed by atoms with Crippen LogP contribution in [0.2, 0.25) is 0 Å². The summed E-state index contributed by atoms with van der Waals surface area (Å²) in [4.78, 5) is 38.8. The van der Waals surface area contributed by atoms with E-state index in [1.807, 2.05) is 72.8 Å². The number of rotatable bonds is 11. The van der Waals surface area contributed by atoms with Crippen LogP contribution in [0.15, 0.2) is 78.9 Å². The van der Waals surface area contributed by atoms with Crippen molar-refractivity contribution >= 4 is 29.2 Å². The van der Waals surface area contributed by atoms with Gasteiger partial charge in [0.2, 0.25) is 5.91 Å². The van der Waals surface area contributed by atoms with Crippen LogP contribution in [-0.4, -0.2) is 57.8 Å². The molecule has 0 spiro atoms. The van der Waals surface area contributed by atoms with Crippen LogP contribution in [0.25, 0.3) is 0 Å². The number of ether oxygens (including phenoxy) is 1. The van der Waals surface area contributed by atoms with Crippen molar-refractivity contribution < 1.29 is 24.2 Å². The van der Waals surface area contributed by atoms with Crippen molar-refractivity contribution in [3.05, 3.63) is 95.6 Å². The van der Waals surface area contributed by atoms with Crippen molar-refractivity contribution in [2.75, 3.05) is 17.4 Å². The van der Waals surface area contributed by atoms with Gasteiger partial charge >= 0.3 is 11.9 Å². The predicted molar refractivity (Wildman–Crippen MR) is 163 cm³/mol. The number of para-hydroxylation sites is 1. The highest BCUT2D eigenvalue weighted by atomic mass is 16.6. The van der Waals surface area contributed by atoms with Gasteiger partial charge in [0.05, 0.1) is 17.4 Å². The van der Waals surface area contributed by atoms with E-state index in [4.69, 9.17) is 4.74 Å². The Morgan fingerprint density at radius 1 is 0.976 bits per heavy atom. The molecule has 9 nitrogen and oxygen atoms in total. The summed E-state index contributed by atoms with van der Waals surface area (Å²) in [5.41, 5.74) is 3.10. The fourth-order valence-corrected chi connectivity index (χ4v) is 5.16. The molecule has 42 heavy (non-hydrogen) atoms. The number of hydrogen-bond acceptors (Lipinski definition) is 7. The third kappa shape index (κ3) is 6.98. The third-order valence-corrected chi connectivity index (χ3v) is 7.12. The van der Waals surface area contributed by atoms with Gasteiger partial charge in [-0.25, -0.2) is 4.79 Å². The molecule has 2 N–H and O–H groups in total. The summed E-state index contributed by atoms with van der Waals surface area (Å²) in [5.74, 6) is -1.64. The number of carboxylic acid groups (broad SMARTS) is 1. The fourth-order valence-electron chi connectivity index (χ4n) is 5.16. The molecule has 0 bridgehead atoms. The number of aliphatic carboxylic acids is 1. The van der Waals surface area contributed by atoms with E-state index in [1.54, 1.807) is 62.9 Å². The lowest BCUT2D eigenvalue weighted by molar-refractivity contribution is -0.157. The Labute approximate surface area is 247 Å². The molecule has 1 aliphatic heterocycles. The van der Waals surface area contributed by atoms with Crippen LogP contribution in [-0.2, 0) is 25.5 Å². The Morgan fingerprint density at radius 3 is 2.17 bits per heavy atom. The summed E-state index contributed by atoms with van der Waals surface area (Å²) in [5, 5.41) is 18.3. The average molecular weight is 573 g/mol. The summed E-state index contributed by atoms with van der Waals surface area (Å²) in [7, 11) is 1.74. The Balaban J connectivity index is 1.87. The van der Waals surface area contributed by atoms with Gasteiger partial charge in [-0.1, -0.05) is 79.7 Å². The average Bonchev–Trinajstić information content (AvgIpc) is 3.71. The molecular weight excluding hydrogens is 532 g/mol. The molecule has 0 aromatic heterocycles. The van der Waals surface area contributed by atoms with Gasteiger partial charge in [0.1, 0.15) is 17.7 Å². The number of carboxylic acids is 1. The molecule has 0 saturated carbocycles. The van der Waals surface area contributed by atoms with E-state index in [2.05, 4.69) is 5.32 Å². The van der Waals surface area contributed by atoms with Crippen molar-refractivity contribution in [1.29, 1.82) is 0 Å². The largest absolute Gasteiger partial charge is 0.480 e. The first-order valence-corrected chi connectivity index (χ1v) is 14.2. The molecule has 1 unspecified atom stereocenters. The zero-order valence-electron chi connectivity index (χ0n) is 25.1. The molecule has 0 radical (unpaired) electrons. The minimum atomic E-state index is -0.974. The molecule has 222 valence electrons. The number of nitrogens with one attached hydrogen (secondary N) is 1. The predicted octanol–water partition coefficient (Wildman–Crippen LogP) is 5.43. The summed E-state index contributed by atoms with van der Waals surface area (Å²) in [6.45, 7) is 8.91. The number of hydrogen-bond donors (Lipinski definition) is 2. The second kappa shape index (κ2) is 12.8. The number of carbonyl (C=O) groups excluding carboxylic acids is 2. The van der Waals surface area contributed by atoms with Gasteiger partial charge in [0.15, 0.2) is 0 Å². The molecule has 4 rings (SSSR count). The first-order valence-electron chi connectivity index (χ1n) is 14.2. The van der Waals surface area contributed by atoms with Crippen LogP contribution in [0.4, 0.5) is 11.4 Å². The smallest absolute Gasteiger partial charge is 0.330 e. The number of anilines is 2. The van der Waals surface area contributed by atoms with Crippen molar-refractivity contribution in [1.82, 2.24) is 10.1 Å². The molecule has 1 heterocycles. The van der Waals surface area contributed by atoms with Crippen LogP contribution in [0.1, 0.15) is 63.8 Å². The number of nitrogens with zero attached hydrogens (tertiary/aromatic N) is 3. The quantitative estimate of drug-likeness (QED) is 0.178. The van der Waals surface area contributed by atoms with E-state index in [0.717, 1.165) is 16.7 Å². The molecule has 1 fully saturated rings. The van der Waals surface area contributed by atoms with E-state index < -0.39 is 35.7 Å². The standard InChI is InChI=1S/C33H40N4O5/c1-7-27(38)34-26-20-14-19-25(21-23-15-10-8-11-16-23)28(26)36(22(2)32(41)42-33(3,4)5)35(6)37-29(30(37)31(39)40)24-17-12-9-13-18-24/h8-20,22,29-30H,7,21H2,1-6H3,(H,34,38)(H,39,40)/t22-,29-,30-,37?/m0/s1. The van der Waals surface area contributed by atoms with Gasteiger partial charge in [-0.3, -0.25) is 14.6 Å². The summed E-state index contributed by atoms with van der Waals surface area (Å²) in [6, 6.07) is 22.8. The topological polar surface area (TPSA) is 102 Å². The Kier molecular flexibility index (Phi) is 9.33. The van der Waals surface area contributed by atoms with Crippen LogP contribution >= 0.6 is 0 Å². The molecular formula is C33H40N4O5. The monoisotopic (exact) mass is 572 g/mol. The van der Waals surface area contributed by atoms with Crippen molar-refractivity contribution in [2.24, 2.45) is 0 Å². The minimum absolute atomic E-state index is 0.182. The SMILES string of the molecule is CCC(=O)Nc1cccc(Cc2ccccc2)c1N([C@@H](C)C(=O)OC(C)(C)C)N(C)N1[C@H](C(=O)O)[C@@H]1c1ccccc1. The molecule has 3 aromatic rings. The normalized spacial score (nSPS) is 18.7. The molecule has 1 aliphatic rings. The van der Waals surface area contributed by atoms with Gasteiger partial charge in [0, 0.05) is 13.5 Å². The first-order chi connectivity index (χ1) is 19.9. The Bertz CT molecular complexity index is 1410. The van der Waals surface area contributed by atoms with Crippen LogP contribution in [0.3, 0.4) is 0 Å². The molecule has 1 amide bonds. The number of carbonyl (C=O) groups is 3. The van der Waals surface area contributed by atoms with Crippen LogP contribution in [0, 0.1) is 0 Å². The lowest BCUT2D eigenvalue weighted by atomic mass is 10.0. The van der Waals surface area contributed by atoms with E-state index >= 15 is 0 Å². The maximum atomic E-state index is 13.6. The molecule has 3 aromatic carbocycles. The fraction of sp³-hybridized carbons (Fsp3) is 0.364. The van der Waals surface area contributed by atoms with Gasteiger partial charge in [-0.2, -0.15) is 10.1 Å².